The van der Waals surface area contributed by atoms with Gasteiger partial charge in [-0.1, -0.05) is 30.3 Å². The van der Waals surface area contributed by atoms with Gasteiger partial charge >= 0.3 is 0 Å². The van der Waals surface area contributed by atoms with Gasteiger partial charge in [0.25, 0.3) is 5.91 Å². The molecule has 1 aliphatic heterocycles. The molecular formula is C27H27N3O5. The molecule has 0 aromatic heterocycles. The second-order valence-corrected chi connectivity index (χ2v) is 8.13. The van der Waals surface area contributed by atoms with Gasteiger partial charge in [-0.2, -0.15) is 0 Å². The third-order valence-corrected chi connectivity index (χ3v) is 5.94. The van der Waals surface area contributed by atoms with E-state index < -0.39 is 5.92 Å². The molecule has 1 aliphatic rings. The number of amides is 3. The van der Waals surface area contributed by atoms with Crippen molar-refractivity contribution in [2.45, 2.75) is 13.0 Å². The average molecular weight is 474 g/mol. The Bertz CT molecular complexity index is 1230. The molecular weight excluding hydrogens is 446 g/mol. The molecule has 3 aromatic carbocycles. The van der Waals surface area contributed by atoms with Crippen molar-refractivity contribution in [3.8, 4) is 11.5 Å². The Morgan fingerprint density at radius 1 is 0.943 bits per heavy atom. The molecule has 0 spiro atoms. The fourth-order valence-electron chi connectivity index (χ4n) is 4.04. The number of carbonyl (C=O) groups is 3. The topological polar surface area (TPSA) is 97.0 Å². The molecule has 0 aliphatic carbocycles. The molecule has 180 valence electrons. The van der Waals surface area contributed by atoms with E-state index in [0.29, 0.717) is 28.4 Å². The van der Waals surface area contributed by atoms with E-state index in [1.165, 1.54) is 0 Å². The van der Waals surface area contributed by atoms with Crippen molar-refractivity contribution in [1.82, 2.24) is 5.32 Å². The first-order chi connectivity index (χ1) is 17.0. The molecule has 1 heterocycles. The summed E-state index contributed by atoms with van der Waals surface area (Å²) in [6, 6.07) is 21.4. The van der Waals surface area contributed by atoms with E-state index in [1.54, 1.807) is 67.7 Å². The average Bonchev–Trinajstić information content (AvgIpc) is 3.29. The number of rotatable bonds is 8. The number of benzene rings is 3. The number of nitrogens with one attached hydrogen (secondary N) is 2. The minimum absolute atomic E-state index is 0.0972. The van der Waals surface area contributed by atoms with Gasteiger partial charge in [-0.3, -0.25) is 14.4 Å². The first-order valence-corrected chi connectivity index (χ1v) is 11.2. The summed E-state index contributed by atoms with van der Waals surface area (Å²) in [5.41, 5.74) is 2.28. The Balaban J connectivity index is 1.42. The van der Waals surface area contributed by atoms with Crippen LogP contribution in [0.15, 0.2) is 72.8 Å². The molecule has 8 nitrogen and oxygen atoms in total. The summed E-state index contributed by atoms with van der Waals surface area (Å²) in [4.78, 5) is 40.1. The van der Waals surface area contributed by atoms with Crippen molar-refractivity contribution in [2.75, 3.05) is 31.0 Å². The van der Waals surface area contributed by atoms with E-state index in [1.807, 2.05) is 24.3 Å². The summed E-state index contributed by atoms with van der Waals surface area (Å²) in [5.74, 6) is 0.0814. The highest BCUT2D eigenvalue weighted by molar-refractivity contribution is 6.07. The molecule has 3 aromatic rings. The molecule has 8 heteroatoms. The molecule has 0 radical (unpaired) electrons. The van der Waals surface area contributed by atoms with Crippen LogP contribution < -0.4 is 25.0 Å². The SMILES string of the molecule is COc1ccc(N2C[C@@H](C(=O)Nc3ccccc3C(=O)NCc3ccccc3OC)CC2=O)cc1. The van der Waals surface area contributed by atoms with Crippen molar-refractivity contribution in [1.29, 1.82) is 0 Å². The van der Waals surface area contributed by atoms with Gasteiger partial charge in [0.15, 0.2) is 0 Å². The summed E-state index contributed by atoms with van der Waals surface area (Å²) in [6.45, 7) is 0.540. The lowest BCUT2D eigenvalue weighted by Crippen LogP contribution is -2.29. The highest BCUT2D eigenvalue weighted by atomic mass is 16.5. The maximum Gasteiger partial charge on any atom is 0.253 e. The van der Waals surface area contributed by atoms with Crippen LogP contribution in [0.2, 0.25) is 0 Å². The standard InChI is InChI=1S/C27H27N3O5/c1-34-21-13-11-20(12-14-21)30-17-19(15-25(30)31)26(32)29-23-9-5-4-8-22(23)27(33)28-16-18-7-3-6-10-24(18)35-2/h3-14,19H,15-17H2,1-2H3,(H,28,33)(H,29,32)/t19-/m0/s1. The smallest absolute Gasteiger partial charge is 0.253 e. The maximum absolute atomic E-state index is 13.0. The molecule has 2 N–H and O–H groups in total. The van der Waals surface area contributed by atoms with Crippen LogP contribution in [0.25, 0.3) is 0 Å². The van der Waals surface area contributed by atoms with E-state index in [0.717, 1.165) is 5.56 Å². The van der Waals surface area contributed by atoms with Crippen molar-refractivity contribution >= 4 is 29.1 Å². The fourth-order valence-corrected chi connectivity index (χ4v) is 4.04. The van der Waals surface area contributed by atoms with Gasteiger partial charge in [0.1, 0.15) is 11.5 Å². The quantitative estimate of drug-likeness (QED) is 0.521. The lowest BCUT2D eigenvalue weighted by Gasteiger charge is -2.17. The summed E-state index contributed by atoms with van der Waals surface area (Å²) in [6.07, 6.45) is 0.0972. The third kappa shape index (κ3) is 5.43. The van der Waals surface area contributed by atoms with E-state index in [9.17, 15) is 14.4 Å². The number of ether oxygens (including phenoxy) is 2. The lowest BCUT2D eigenvalue weighted by molar-refractivity contribution is -0.122. The Labute approximate surface area is 203 Å². The molecule has 1 atom stereocenters. The Morgan fingerprint density at radius 2 is 1.66 bits per heavy atom. The van der Waals surface area contributed by atoms with Gasteiger partial charge in [-0.05, 0) is 42.5 Å². The number of carbonyl (C=O) groups excluding carboxylic acids is 3. The van der Waals surface area contributed by atoms with E-state index in [2.05, 4.69) is 10.6 Å². The zero-order valence-electron chi connectivity index (χ0n) is 19.6. The first kappa shape index (κ1) is 23.8. The number of methoxy groups -OCH3 is 2. The van der Waals surface area contributed by atoms with E-state index in [4.69, 9.17) is 9.47 Å². The molecule has 4 rings (SSSR count). The fraction of sp³-hybridized carbons (Fsp3) is 0.222. The monoisotopic (exact) mass is 473 g/mol. The van der Waals surface area contributed by atoms with Crippen LogP contribution in [0.4, 0.5) is 11.4 Å². The first-order valence-electron chi connectivity index (χ1n) is 11.2. The lowest BCUT2D eigenvalue weighted by atomic mass is 10.1. The molecule has 1 saturated heterocycles. The van der Waals surface area contributed by atoms with Crippen LogP contribution in [0, 0.1) is 5.92 Å². The zero-order chi connectivity index (χ0) is 24.8. The summed E-state index contributed by atoms with van der Waals surface area (Å²) in [7, 11) is 3.15. The predicted octanol–water partition coefficient (Wildman–Crippen LogP) is 3.63. The number of nitrogens with zero attached hydrogens (tertiary/aromatic N) is 1. The van der Waals surface area contributed by atoms with Crippen LogP contribution in [-0.4, -0.2) is 38.5 Å². The van der Waals surface area contributed by atoms with Gasteiger partial charge in [-0.25, -0.2) is 0 Å². The van der Waals surface area contributed by atoms with Crippen molar-refractivity contribution < 1.29 is 23.9 Å². The normalized spacial score (nSPS) is 15.0. The predicted molar refractivity (Wildman–Crippen MR) is 133 cm³/mol. The largest absolute Gasteiger partial charge is 0.497 e. The van der Waals surface area contributed by atoms with Gasteiger partial charge in [0.05, 0.1) is 31.4 Å². The number of hydrogen-bond acceptors (Lipinski definition) is 5. The third-order valence-electron chi connectivity index (χ3n) is 5.94. The molecule has 1 fully saturated rings. The van der Waals surface area contributed by atoms with Crippen molar-refractivity contribution in [2.24, 2.45) is 5.92 Å². The number of para-hydroxylation sites is 2. The minimum atomic E-state index is -0.533. The van der Waals surface area contributed by atoms with Gasteiger partial charge in [0.2, 0.25) is 11.8 Å². The van der Waals surface area contributed by atoms with Gasteiger partial charge in [0, 0.05) is 30.8 Å². The Hall–Kier alpha value is -4.33. The van der Waals surface area contributed by atoms with Crippen LogP contribution in [-0.2, 0) is 16.1 Å². The van der Waals surface area contributed by atoms with E-state index >= 15 is 0 Å². The minimum Gasteiger partial charge on any atom is -0.497 e. The zero-order valence-corrected chi connectivity index (χ0v) is 19.6. The maximum atomic E-state index is 13.0. The second kappa shape index (κ2) is 10.7. The number of anilines is 2. The summed E-state index contributed by atoms with van der Waals surface area (Å²) < 4.78 is 10.5. The highest BCUT2D eigenvalue weighted by Gasteiger charge is 2.35. The van der Waals surface area contributed by atoms with Crippen molar-refractivity contribution in [3.05, 3.63) is 83.9 Å². The second-order valence-electron chi connectivity index (χ2n) is 8.13. The summed E-state index contributed by atoms with van der Waals surface area (Å²) >= 11 is 0. The molecule has 0 unspecified atom stereocenters. The highest BCUT2D eigenvalue weighted by Crippen LogP contribution is 2.28. The molecule has 0 bridgehead atoms. The van der Waals surface area contributed by atoms with Crippen LogP contribution >= 0.6 is 0 Å². The molecule has 3 amide bonds. The Kier molecular flexibility index (Phi) is 7.30. The summed E-state index contributed by atoms with van der Waals surface area (Å²) in [5, 5.41) is 5.72. The Morgan fingerprint density at radius 3 is 2.40 bits per heavy atom. The van der Waals surface area contributed by atoms with Crippen LogP contribution in [0.3, 0.4) is 0 Å². The van der Waals surface area contributed by atoms with Crippen LogP contribution in [0.1, 0.15) is 22.3 Å². The van der Waals surface area contributed by atoms with Crippen molar-refractivity contribution in [3.63, 3.8) is 0 Å². The van der Waals surface area contributed by atoms with E-state index in [-0.39, 0.29) is 37.2 Å². The van der Waals surface area contributed by atoms with Gasteiger partial charge < -0.3 is 25.0 Å². The number of hydrogen-bond donors (Lipinski definition) is 2. The van der Waals surface area contributed by atoms with Gasteiger partial charge in [-0.15, -0.1) is 0 Å². The van der Waals surface area contributed by atoms with Crippen LogP contribution in [0.5, 0.6) is 11.5 Å². The molecule has 35 heavy (non-hydrogen) atoms. The molecule has 0 saturated carbocycles.